The van der Waals surface area contributed by atoms with E-state index in [0.29, 0.717) is 0 Å². The van der Waals surface area contributed by atoms with Gasteiger partial charge in [0.05, 0.1) is 11.3 Å². The fourth-order valence-corrected chi connectivity index (χ4v) is 2.35. The summed E-state index contributed by atoms with van der Waals surface area (Å²) in [7, 11) is 0. The number of hydrogen-bond donors (Lipinski definition) is 6. The summed E-state index contributed by atoms with van der Waals surface area (Å²) in [5, 5.41) is 37.7. The second-order valence-electron chi connectivity index (χ2n) is 5.36. The third kappa shape index (κ3) is 9.20. The molecule has 0 aromatic carbocycles. The minimum atomic E-state index is -1.67. The molecule has 0 spiro atoms. The van der Waals surface area contributed by atoms with Crippen molar-refractivity contribution in [3.63, 3.8) is 0 Å². The van der Waals surface area contributed by atoms with Crippen LogP contribution in [-0.4, -0.2) is 61.5 Å². The van der Waals surface area contributed by atoms with Crippen molar-refractivity contribution in [2.24, 2.45) is 5.73 Å². The number of aliphatic hydroxyl groups is 4. The average molecular weight is 296 g/mol. The van der Waals surface area contributed by atoms with Crippen LogP contribution in [0.25, 0.3) is 0 Å². The fraction of sp³-hybridized carbons (Fsp3) is 0.909. The molecule has 0 aliphatic rings. The van der Waals surface area contributed by atoms with Crippen LogP contribution in [0.15, 0.2) is 0 Å². The van der Waals surface area contributed by atoms with Crippen molar-refractivity contribution in [3.05, 3.63) is 0 Å². The van der Waals surface area contributed by atoms with Crippen molar-refractivity contribution < 1.29 is 25.2 Å². The first kappa shape index (κ1) is 18.6. The summed E-state index contributed by atoms with van der Waals surface area (Å²) >= 11 is 1.06. The number of carbonyl (C=O) groups excluding carboxylic acids is 1. The van der Waals surface area contributed by atoms with E-state index in [1.807, 2.05) is 20.8 Å². The zero-order chi connectivity index (χ0) is 15.2. The van der Waals surface area contributed by atoms with Gasteiger partial charge in [0.15, 0.2) is 12.6 Å². The third-order valence-corrected chi connectivity index (χ3v) is 3.47. The Kier molecular flexibility index (Phi) is 7.87. The van der Waals surface area contributed by atoms with E-state index in [0.717, 1.165) is 11.8 Å². The normalized spacial score (nSPS) is 15.7. The monoisotopic (exact) mass is 296 g/mol. The molecule has 0 bridgehead atoms. The fourth-order valence-electron chi connectivity index (χ4n) is 1.21. The quantitative estimate of drug-likeness (QED) is 0.309. The van der Waals surface area contributed by atoms with Crippen LogP contribution < -0.4 is 11.1 Å². The lowest BCUT2D eigenvalue weighted by Gasteiger charge is -2.26. The average Bonchev–Trinajstić information content (AvgIpc) is 2.20. The SMILES string of the molecule is CC(C)(C)NC(=O)C(CC(O)O)SCC(N)C(O)O. The largest absolute Gasteiger partial charge is 0.368 e. The van der Waals surface area contributed by atoms with Crippen molar-refractivity contribution in [1.82, 2.24) is 5.32 Å². The summed E-state index contributed by atoms with van der Waals surface area (Å²) in [5.74, 6) is -0.225. The van der Waals surface area contributed by atoms with E-state index in [9.17, 15) is 4.79 Å². The molecule has 7 N–H and O–H groups in total. The minimum absolute atomic E-state index is 0.118. The van der Waals surface area contributed by atoms with Crippen LogP contribution in [0.5, 0.6) is 0 Å². The Morgan fingerprint density at radius 2 is 1.79 bits per heavy atom. The van der Waals surface area contributed by atoms with Gasteiger partial charge >= 0.3 is 0 Å². The van der Waals surface area contributed by atoms with Gasteiger partial charge in [-0.3, -0.25) is 4.79 Å². The summed E-state index contributed by atoms with van der Waals surface area (Å²) in [6.45, 7) is 5.43. The summed E-state index contributed by atoms with van der Waals surface area (Å²) in [6.07, 6.45) is -3.43. The number of aliphatic hydroxyl groups excluding tert-OH is 2. The maximum atomic E-state index is 12.0. The van der Waals surface area contributed by atoms with E-state index in [2.05, 4.69) is 5.32 Å². The molecule has 7 nitrogen and oxygen atoms in total. The highest BCUT2D eigenvalue weighted by atomic mass is 32.2. The molecule has 0 saturated heterocycles. The van der Waals surface area contributed by atoms with Gasteiger partial charge in [-0.25, -0.2) is 0 Å². The molecule has 19 heavy (non-hydrogen) atoms. The number of nitrogens with one attached hydrogen (secondary N) is 1. The minimum Gasteiger partial charge on any atom is -0.368 e. The molecular formula is C11H24N2O5S. The molecule has 0 fully saturated rings. The van der Waals surface area contributed by atoms with E-state index in [-0.39, 0.29) is 18.1 Å². The molecular weight excluding hydrogens is 272 g/mol. The molecule has 114 valence electrons. The van der Waals surface area contributed by atoms with E-state index < -0.39 is 29.4 Å². The predicted molar refractivity (Wildman–Crippen MR) is 73.2 cm³/mol. The zero-order valence-electron chi connectivity index (χ0n) is 11.4. The Bertz CT molecular complexity index is 281. The predicted octanol–water partition coefficient (Wildman–Crippen LogP) is -1.66. The number of hydrogen-bond acceptors (Lipinski definition) is 7. The van der Waals surface area contributed by atoms with Gasteiger partial charge in [0.25, 0.3) is 0 Å². The standard InChI is InChI=1S/C11H24N2O5S/c1-11(2,3)13-9(16)7(4-8(14)15)19-5-6(12)10(17)18/h6-8,10,14-15,17-18H,4-5,12H2,1-3H3,(H,13,16). The van der Waals surface area contributed by atoms with Crippen LogP contribution >= 0.6 is 11.8 Å². The number of carbonyl (C=O) groups is 1. The lowest BCUT2D eigenvalue weighted by Crippen LogP contribution is -2.46. The van der Waals surface area contributed by atoms with Crippen LogP contribution in [0.2, 0.25) is 0 Å². The smallest absolute Gasteiger partial charge is 0.233 e. The van der Waals surface area contributed by atoms with E-state index in [1.165, 1.54) is 0 Å². The summed E-state index contributed by atoms with van der Waals surface area (Å²) in [4.78, 5) is 12.0. The number of amides is 1. The Morgan fingerprint density at radius 1 is 1.26 bits per heavy atom. The highest BCUT2D eigenvalue weighted by Gasteiger charge is 2.26. The molecule has 0 saturated carbocycles. The van der Waals surface area contributed by atoms with Gasteiger partial charge in [0, 0.05) is 17.7 Å². The molecule has 8 heteroatoms. The Morgan fingerprint density at radius 3 is 2.16 bits per heavy atom. The summed E-state index contributed by atoms with van der Waals surface area (Å²) in [6, 6.07) is -0.897. The number of nitrogens with two attached hydrogens (primary N) is 1. The molecule has 0 rings (SSSR count). The first-order chi connectivity index (χ1) is 8.53. The molecule has 2 atom stereocenters. The highest BCUT2D eigenvalue weighted by Crippen LogP contribution is 2.19. The van der Waals surface area contributed by atoms with Crippen LogP contribution in [-0.2, 0) is 4.79 Å². The second kappa shape index (κ2) is 8.03. The van der Waals surface area contributed by atoms with Crippen molar-refractivity contribution in [3.8, 4) is 0 Å². The molecule has 0 aromatic rings. The van der Waals surface area contributed by atoms with E-state index in [1.54, 1.807) is 0 Å². The maximum absolute atomic E-state index is 12.0. The van der Waals surface area contributed by atoms with Crippen LogP contribution in [0, 0.1) is 0 Å². The molecule has 1 amide bonds. The molecule has 0 heterocycles. The van der Waals surface area contributed by atoms with Gasteiger partial charge in [-0.15, -0.1) is 11.8 Å². The van der Waals surface area contributed by atoms with Crippen molar-refractivity contribution >= 4 is 17.7 Å². The van der Waals surface area contributed by atoms with Crippen LogP contribution in [0.1, 0.15) is 27.2 Å². The van der Waals surface area contributed by atoms with E-state index in [4.69, 9.17) is 26.2 Å². The molecule has 2 unspecified atom stereocenters. The Labute approximate surface area is 117 Å². The number of rotatable bonds is 7. The molecule has 0 aromatic heterocycles. The van der Waals surface area contributed by atoms with Crippen LogP contribution in [0.3, 0.4) is 0 Å². The Hall–Kier alpha value is -0.380. The van der Waals surface area contributed by atoms with Crippen LogP contribution in [0.4, 0.5) is 0 Å². The summed E-state index contributed by atoms with van der Waals surface area (Å²) < 4.78 is 0. The lowest BCUT2D eigenvalue weighted by atomic mass is 10.1. The van der Waals surface area contributed by atoms with Crippen molar-refractivity contribution in [1.29, 1.82) is 0 Å². The third-order valence-electron chi connectivity index (χ3n) is 2.09. The van der Waals surface area contributed by atoms with Gasteiger partial charge in [-0.05, 0) is 20.8 Å². The Balaban J connectivity index is 4.50. The molecule has 0 radical (unpaired) electrons. The molecule has 0 aliphatic carbocycles. The van der Waals surface area contributed by atoms with Gasteiger partial charge in [0.1, 0.15) is 0 Å². The van der Waals surface area contributed by atoms with Gasteiger partial charge in [0.2, 0.25) is 5.91 Å². The summed E-state index contributed by atoms with van der Waals surface area (Å²) in [5.41, 5.74) is 5.01. The second-order valence-corrected chi connectivity index (χ2v) is 6.59. The number of thioether (sulfide) groups is 1. The van der Waals surface area contributed by atoms with Gasteiger partial charge in [-0.1, -0.05) is 0 Å². The van der Waals surface area contributed by atoms with Crippen molar-refractivity contribution in [2.75, 3.05) is 5.75 Å². The molecule has 0 aliphatic heterocycles. The zero-order valence-corrected chi connectivity index (χ0v) is 12.2. The maximum Gasteiger partial charge on any atom is 0.233 e. The highest BCUT2D eigenvalue weighted by molar-refractivity contribution is 8.00. The topological polar surface area (TPSA) is 136 Å². The van der Waals surface area contributed by atoms with Crippen molar-refractivity contribution in [2.45, 2.75) is 56.6 Å². The van der Waals surface area contributed by atoms with Gasteiger partial charge in [-0.2, -0.15) is 0 Å². The van der Waals surface area contributed by atoms with E-state index >= 15 is 0 Å². The van der Waals surface area contributed by atoms with Gasteiger partial charge < -0.3 is 31.5 Å². The lowest BCUT2D eigenvalue weighted by molar-refractivity contribution is -0.124. The first-order valence-electron chi connectivity index (χ1n) is 5.94. The first-order valence-corrected chi connectivity index (χ1v) is 6.99.